The van der Waals surface area contributed by atoms with Crippen LogP contribution in [0.2, 0.25) is 0 Å². The third kappa shape index (κ3) is 7.53. The van der Waals surface area contributed by atoms with Crippen LogP contribution in [0.3, 0.4) is 0 Å². The molecular formula is C26H26F3N3O4. The molecule has 1 unspecified atom stereocenters. The van der Waals surface area contributed by atoms with Crippen LogP contribution in [-0.4, -0.2) is 35.6 Å². The summed E-state index contributed by atoms with van der Waals surface area (Å²) in [6, 6.07) is 16.7. The van der Waals surface area contributed by atoms with E-state index in [1.165, 1.54) is 0 Å². The summed E-state index contributed by atoms with van der Waals surface area (Å²) in [4.78, 5) is 38.9. The number of nitrogens with one attached hydrogen (secondary N) is 2. The molecule has 0 aliphatic heterocycles. The number of anilines is 1. The van der Waals surface area contributed by atoms with Gasteiger partial charge in [-0.15, -0.1) is 0 Å². The van der Waals surface area contributed by atoms with Gasteiger partial charge in [0.15, 0.2) is 0 Å². The highest BCUT2D eigenvalue weighted by Gasteiger charge is 2.42. The fraction of sp³-hybridized carbons (Fsp3) is 0.308. The van der Waals surface area contributed by atoms with Crippen molar-refractivity contribution in [3.8, 4) is 0 Å². The molecule has 1 atom stereocenters. The maximum Gasteiger partial charge on any atom is 0.491 e. The zero-order valence-electron chi connectivity index (χ0n) is 19.8. The Kier molecular flexibility index (Phi) is 8.63. The van der Waals surface area contributed by atoms with Crippen LogP contribution < -0.4 is 10.6 Å². The topological polar surface area (TPSA) is 97.4 Å². The van der Waals surface area contributed by atoms with E-state index in [4.69, 9.17) is 0 Å². The van der Waals surface area contributed by atoms with Gasteiger partial charge in [-0.3, -0.25) is 9.59 Å². The molecule has 3 rings (SSSR count). The summed E-state index contributed by atoms with van der Waals surface area (Å²) in [5, 5.41) is 8.00. The van der Waals surface area contributed by atoms with Crippen molar-refractivity contribution >= 4 is 34.4 Å². The van der Waals surface area contributed by atoms with E-state index in [2.05, 4.69) is 34.2 Å². The van der Waals surface area contributed by atoms with Gasteiger partial charge in [0.25, 0.3) is 5.91 Å². The van der Waals surface area contributed by atoms with Crippen LogP contribution in [0.1, 0.15) is 48.7 Å². The lowest BCUT2D eigenvalue weighted by Gasteiger charge is -2.22. The molecule has 2 N–H and O–H groups in total. The molecule has 0 aliphatic carbocycles. The molecule has 1 heterocycles. The van der Waals surface area contributed by atoms with E-state index in [-0.39, 0.29) is 12.6 Å². The third-order valence-electron chi connectivity index (χ3n) is 5.29. The first-order chi connectivity index (χ1) is 17.0. The minimum Gasteiger partial charge on any atom is -0.386 e. The highest BCUT2D eigenvalue weighted by molar-refractivity contribution is 5.94. The van der Waals surface area contributed by atoms with Crippen LogP contribution in [0.15, 0.2) is 60.8 Å². The second-order valence-electron chi connectivity index (χ2n) is 8.63. The monoisotopic (exact) mass is 501 g/mol. The highest BCUT2D eigenvalue weighted by Crippen LogP contribution is 2.27. The standard InChI is InChI=1S/C26H26F3N3O4/c1-16(2)13-21(32-22-14-19-5-3-4-6-20(19)15-31-22)17-7-9-18(10-8-17)24(34)30-12-11-23(33)36-25(35)26(27,28)29/h3-10,14-16,21H,11-13H2,1-2H3,(H,30,34)(H,31,32). The van der Waals surface area contributed by atoms with Gasteiger partial charge in [0, 0.05) is 23.7 Å². The third-order valence-corrected chi connectivity index (χ3v) is 5.29. The first kappa shape index (κ1) is 26.7. The van der Waals surface area contributed by atoms with Crippen LogP contribution in [0, 0.1) is 5.92 Å². The molecule has 0 bridgehead atoms. The van der Waals surface area contributed by atoms with Crippen molar-refractivity contribution in [1.82, 2.24) is 10.3 Å². The number of amides is 1. The van der Waals surface area contributed by atoms with Crippen molar-refractivity contribution < 1.29 is 32.3 Å². The smallest absolute Gasteiger partial charge is 0.386 e. The minimum atomic E-state index is -5.26. The molecule has 2 aromatic carbocycles. The fourth-order valence-corrected chi connectivity index (χ4v) is 3.55. The SMILES string of the molecule is CC(C)CC(Nc1cc2ccccc2cn1)c1ccc(C(=O)NCCC(=O)OC(=O)C(F)(F)F)cc1. The Morgan fingerprint density at radius 1 is 1.00 bits per heavy atom. The average Bonchev–Trinajstić information content (AvgIpc) is 2.82. The maximum absolute atomic E-state index is 12.3. The summed E-state index contributed by atoms with van der Waals surface area (Å²) in [6.45, 7) is 3.94. The van der Waals surface area contributed by atoms with Crippen LogP contribution >= 0.6 is 0 Å². The van der Waals surface area contributed by atoms with Crippen molar-refractivity contribution in [3.63, 3.8) is 0 Å². The number of carbonyl (C=O) groups is 3. The van der Waals surface area contributed by atoms with Crippen LogP contribution in [0.4, 0.5) is 19.0 Å². The van der Waals surface area contributed by atoms with Crippen LogP contribution in [0.5, 0.6) is 0 Å². The Morgan fingerprint density at radius 3 is 2.31 bits per heavy atom. The number of benzene rings is 2. The maximum atomic E-state index is 12.3. The van der Waals surface area contributed by atoms with E-state index < -0.39 is 30.4 Å². The number of rotatable bonds is 9. The molecule has 0 aliphatic rings. The first-order valence-electron chi connectivity index (χ1n) is 11.3. The van der Waals surface area contributed by atoms with E-state index in [0.717, 1.165) is 28.6 Å². The number of aromatic nitrogens is 1. The molecule has 36 heavy (non-hydrogen) atoms. The van der Waals surface area contributed by atoms with Crippen molar-refractivity contribution in [1.29, 1.82) is 0 Å². The van der Waals surface area contributed by atoms with Crippen molar-refractivity contribution in [2.24, 2.45) is 5.92 Å². The zero-order valence-corrected chi connectivity index (χ0v) is 19.8. The van der Waals surface area contributed by atoms with E-state index in [1.807, 2.05) is 48.7 Å². The van der Waals surface area contributed by atoms with E-state index in [9.17, 15) is 27.6 Å². The zero-order chi connectivity index (χ0) is 26.3. The number of carbonyl (C=O) groups excluding carboxylic acids is 3. The number of fused-ring (bicyclic) bond motifs is 1. The van der Waals surface area contributed by atoms with Gasteiger partial charge in [0.1, 0.15) is 5.82 Å². The predicted molar refractivity (Wildman–Crippen MR) is 128 cm³/mol. The lowest BCUT2D eigenvalue weighted by molar-refractivity contribution is -0.201. The van der Waals surface area contributed by atoms with Gasteiger partial charge in [-0.25, -0.2) is 9.78 Å². The van der Waals surface area contributed by atoms with Gasteiger partial charge in [-0.1, -0.05) is 50.2 Å². The van der Waals surface area contributed by atoms with Crippen molar-refractivity contribution in [3.05, 3.63) is 71.9 Å². The molecule has 0 fully saturated rings. The lowest BCUT2D eigenvalue weighted by Crippen LogP contribution is -2.30. The minimum absolute atomic E-state index is 0.0586. The summed E-state index contributed by atoms with van der Waals surface area (Å²) in [7, 11) is 0. The molecule has 0 saturated carbocycles. The molecule has 0 radical (unpaired) electrons. The summed E-state index contributed by atoms with van der Waals surface area (Å²) in [6.07, 6.45) is -3.21. The summed E-state index contributed by atoms with van der Waals surface area (Å²) >= 11 is 0. The molecular weight excluding hydrogens is 475 g/mol. The van der Waals surface area contributed by atoms with Gasteiger partial charge < -0.3 is 15.4 Å². The normalized spacial score (nSPS) is 12.3. The number of ether oxygens (including phenoxy) is 1. The lowest BCUT2D eigenvalue weighted by atomic mass is 9.96. The number of halogens is 3. The quantitative estimate of drug-likeness (QED) is 0.310. The Labute approximate surface area is 206 Å². The second kappa shape index (κ2) is 11.7. The Hall–Kier alpha value is -3.95. The molecule has 3 aromatic rings. The van der Waals surface area contributed by atoms with E-state index in [1.54, 1.807) is 12.1 Å². The Balaban J connectivity index is 1.60. The molecule has 1 aromatic heterocycles. The van der Waals surface area contributed by atoms with Gasteiger partial charge in [-0.2, -0.15) is 13.2 Å². The molecule has 0 saturated heterocycles. The average molecular weight is 502 g/mol. The van der Waals surface area contributed by atoms with Crippen molar-refractivity contribution in [2.75, 3.05) is 11.9 Å². The molecule has 190 valence electrons. The number of alkyl halides is 3. The largest absolute Gasteiger partial charge is 0.491 e. The van der Waals surface area contributed by atoms with Crippen LogP contribution in [0.25, 0.3) is 10.8 Å². The summed E-state index contributed by atoms with van der Waals surface area (Å²) < 4.78 is 40.0. The van der Waals surface area contributed by atoms with Crippen molar-refractivity contribution in [2.45, 2.75) is 38.9 Å². The number of hydrogen-bond donors (Lipinski definition) is 2. The number of esters is 2. The Bertz CT molecular complexity index is 1230. The fourth-order valence-electron chi connectivity index (χ4n) is 3.55. The first-order valence-corrected chi connectivity index (χ1v) is 11.3. The number of hydrogen-bond acceptors (Lipinski definition) is 6. The highest BCUT2D eigenvalue weighted by atomic mass is 19.4. The Morgan fingerprint density at radius 2 is 1.67 bits per heavy atom. The van der Waals surface area contributed by atoms with E-state index >= 15 is 0 Å². The number of nitrogens with zero attached hydrogens (tertiary/aromatic N) is 1. The molecule has 10 heteroatoms. The van der Waals surface area contributed by atoms with Crippen LogP contribution in [-0.2, 0) is 14.3 Å². The van der Waals surface area contributed by atoms with Gasteiger partial charge in [0.05, 0.1) is 12.5 Å². The molecule has 0 spiro atoms. The van der Waals surface area contributed by atoms with Gasteiger partial charge in [0.2, 0.25) is 0 Å². The molecule has 1 amide bonds. The molecule has 7 nitrogen and oxygen atoms in total. The number of pyridine rings is 1. The predicted octanol–water partition coefficient (Wildman–Crippen LogP) is 5.19. The van der Waals surface area contributed by atoms with Gasteiger partial charge in [-0.05, 0) is 41.5 Å². The summed E-state index contributed by atoms with van der Waals surface area (Å²) in [5.41, 5.74) is 1.26. The summed E-state index contributed by atoms with van der Waals surface area (Å²) in [5.74, 6) is -3.36. The van der Waals surface area contributed by atoms with Gasteiger partial charge >= 0.3 is 18.1 Å². The van der Waals surface area contributed by atoms with E-state index in [0.29, 0.717) is 11.5 Å². The second-order valence-corrected chi connectivity index (χ2v) is 8.63.